The molecular weight excluding hydrogens is 332 g/mol. The number of hydrogen-bond acceptors (Lipinski definition) is 4. The Morgan fingerprint density at radius 3 is 2.50 bits per heavy atom. The molecule has 7 nitrogen and oxygen atoms in total. The molecule has 1 aromatic heterocycles. The Labute approximate surface area is 151 Å². The second-order valence-corrected chi connectivity index (χ2v) is 5.93. The van der Waals surface area contributed by atoms with Gasteiger partial charge in [0.1, 0.15) is 18.2 Å². The van der Waals surface area contributed by atoms with Gasteiger partial charge in [-0.15, -0.1) is 0 Å². The molecule has 1 atom stereocenters. The first kappa shape index (κ1) is 19.2. The Morgan fingerprint density at radius 2 is 1.92 bits per heavy atom. The number of carbonyl (C=O) groups excluding carboxylic acids is 1. The van der Waals surface area contributed by atoms with Crippen LogP contribution in [0.25, 0.3) is 0 Å². The van der Waals surface area contributed by atoms with Crippen LogP contribution in [0.4, 0.5) is 0 Å². The second kappa shape index (κ2) is 8.81. The van der Waals surface area contributed by atoms with Gasteiger partial charge in [-0.3, -0.25) is 14.2 Å². The number of aryl methyl sites for hydroxylation is 1. The van der Waals surface area contributed by atoms with Gasteiger partial charge in [-0.25, -0.2) is 9.36 Å². The fraction of sp³-hybridized carbons (Fsp3) is 0.368. The third kappa shape index (κ3) is 4.28. The Bertz CT molecular complexity index is 923. The number of amides is 1. The molecular formula is C19H22N4O3. The molecule has 7 heteroatoms. The van der Waals surface area contributed by atoms with Crippen LogP contribution in [-0.4, -0.2) is 15.0 Å². The smallest absolute Gasteiger partial charge is 0.331 e. The van der Waals surface area contributed by atoms with Crippen LogP contribution in [0.2, 0.25) is 0 Å². The normalized spacial score (nSPS) is 11.6. The number of nitrogens with one attached hydrogen (secondary N) is 1. The summed E-state index contributed by atoms with van der Waals surface area (Å²) in [6.45, 7) is 3.63. The molecule has 0 aliphatic rings. The van der Waals surface area contributed by atoms with Crippen LogP contribution in [0.15, 0.2) is 46.1 Å². The monoisotopic (exact) mass is 354 g/mol. The third-order valence-electron chi connectivity index (χ3n) is 4.11. The van der Waals surface area contributed by atoms with Crippen LogP contribution >= 0.6 is 0 Å². The standard InChI is InChI=1S/C19H22N4O3/c1-3-8-16(14-9-6-5-7-10-14)21-17(24)13-23-18(25)15(11-20)12-22(4-2)19(23)26/h5-7,9-10,12,16H,3-4,8,13H2,1-2H3,(H,21,24). The predicted octanol–water partition coefficient (Wildman–Crippen LogP) is 1.56. The van der Waals surface area contributed by atoms with E-state index >= 15 is 0 Å². The Hall–Kier alpha value is -3.14. The van der Waals surface area contributed by atoms with E-state index in [1.807, 2.05) is 37.3 Å². The summed E-state index contributed by atoms with van der Waals surface area (Å²) in [4.78, 5) is 37.1. The summed E-state index contributed by atoms with van der Waals surface area (Å²) in [5.41, 5.74) is -0.540. The zero-order valence-electron chi connectivity index (χ0n) is 14.9. The molecule has 1 N–H and O–H groups in total. The maximum atomic E-state index is 12.5. The van der Waals surface area contributed by atoms with Gasteiger partial charge in [-0.05, 0) is 18.9 Å². The van der Waals surface area contributed by atoms with Crippen molar-refractivity contribution in [1.82, 2.24) is 14.5 Å². The van der Waals surface area contributed by atoms with Gasteiger partial charge in [0.25, 0.3) is 5.56 Å². The maximum absolute atomic E-state index is 12.5. The average Bonchev–Trinajstić information content (AvgIpc) is 2.66. The molecule has 2 rings (SSSR count). The molecule has 0 saturated heterocycles. The van der Waals surface area contributed by atoms with E-state index in [2.05, 4.69) is 5.32 Å². The van der Waals surface area contributed by atoms with E-state index in [9.17, 15) is 14.4 Å². The average molecular weight is 354 g/mol. The third-order valence-corrected chi connectivity index (χ3v) is 4.11. The highest BCUT2D eigenvalue weighted by atomic mass is 16.2. The lowest BCUT2D eigenvalue weighted by atomic mass is 10.0. The fourth-order valence-electron chi connectivity index (χ4n) is 2.78. The van der Waals surface area contributed by atoms with E-state index in [4.69, 9.17) is 5.26 Å². The molecule has 2 aromatic rings. The summed E-state index contributed by atoms with van der Waals surface area (Å²) in [6, 6.07) is 11.1. The van der Waals surface area contributed by atoms with Crippen LogP contribution in [0.3, 0.4) is 0 Å². The van der Waals surface area contributed by atoms with Crippen molar-refractivity contribution in [1.29, 1.82) is 5.26 Å². The summed E-state index contributed by atoms with van der Waals surface area (Å²) in [7, 11) is 0. The number of nitrogens with zero attached hydrogens (tertiary/aromatic N) is 3. The van der Waals surface area contributed by atoms with Crippen molar-refractivity contribution in [3.05, 3.63) is 68.5 Å². The molecule has 0 spiro atoms. The first-order valence-corrected chi connectivity index (χ1v) is 8.60. The fourth-order valence-corrected chi connectivity index (χ4v) is 2.78. The molecule has 0 fully saturated rings. The highest BCUT2D eigenvalue weighted by molar-refractivity contribution is 5.76. The molecule has 1 heterocycles. The Morgan fingerprint density at radius 1 is 1.23 bits per heavy atom. The van der Waals surface area contributed by atoms with Crippen LogP contribution in [0.1, 0.15) is 43.9 Å². The van der Waals surface area contributed by atoms with Gasteiger partial charge < -0.3 is 5.32 Å². The number of carbonyl (C=O) groups is 1. The lowest BCUT2D eigenvalue weighted by molar-refractivity contribution is -0.122. The number of rotatable bonds is 7. The number of aromatic nitrogens is 2. The van der Waals surface area contributed by atoms with E-state index in [-0.39, 0.29) is 11.6 Å². The van der Waals surface area contributed by atoms with Crippen molar-refractivity contribution in [2.24, 2.45) is 0 Å². The highest BCUT2D eigenvalue weighted by Gasteiger charge is 2.17. The van der Waals surface area contributed by atoms with Gasteiger partial charge in [-0.2, -0.15) is 5.26 Å². The van der Waals surface area contributed by atoms with Gasteiger partial charge in [0.05, 0.1) is 6.04 Å². The van der Waals surface area contributed by atoms with Crippen molar-refractivity contribution in [2.75, 3.05) is 0 Å². The topological polar surface area (TPSA) is 96.9 Å². The summed E-state index contributed by atoms with van der Waals surface area (Å²) in [6.07, 6.45) is 2.83. The van der Waals surface area contributed by atoms with Crippen molar-refractivity contribution >= 4 is 5.91 Å². The molecule has 0 bridgehead atoms. The molecule has 26 heavy (non-hydrogen) atoms. The number of benzene rings is 1. The number of nitriles is 1. The number of hydrogen-bond donors (Lipinski definition) is 1. The van der Waals surface area contributed by atoms with Gasteiger partial charge >= 0.3 is 5.69 Å². The van der Waals surface area contributed by atoms with E-state index in [1.54, 1.807) is 13.0 Å². The van der Waals surface area contributed by atoms with E-state index in [1.165, 1.54) is 10.8 Å². The van der Waals surface area contributed by atoms with E-state index in [0.717, 1.165) is 23.0 Å². The Kier molecular flexibility index (Phi) is 6.50. The summed E-state index contributed by atoms with van der Waals surface area (Å²) in [5, 5.41) is 12.0. The molecule has 0 saturated carbocycles. The van der Waals surface area contributed by atoms with Gasteiger partial charge in [0.2, 0.25) is 5.91 Å². The minimum atomic E-state index is -0.746. The van der Waals surface area contributed by atoms with Gasteiger partial charge in [0.15, 0.2) is 0 Å². The summed E-state index contributed by atoms with van der Waals surface area (Å²) < 4.78 is 2.05. The lowest BCUT2D eigenvalue weighted by Crippen LogP contribution is -2.44. The van der Waals surface area contributed by atoms with Gasteiger partial charge in [-0.1, -0.05) is 43.7 Å². The van der Waals surface area contributed by atoms with Crippen LogP contribution in [-0.2, 0) is 17.9 Å². The molecule has 0 aliphatic carbocycles. The molecule has 0 aliphatic heterocycles. The van der Waals surface area contributed by atoms with Crippen molar-refractivity contribution in [3.63, 3.8) is 0 Å². The zero-order chi connectivity index (χ0) is 19.1. The molecule has 1 amide bonds. The van der Waals surface area contributed by atoms with Crippen LogP contribution < -0.4 is 16.6 Å². The van der Waals surface area contributed by atoms with E-state index < -0.39 is 23.7 Å². The molecule has 0 radical (unpaired) electrons. The van der Waals surface area contributed by atoms with Crippen molar-refractivity contribution in [3.8, 4) is 6.07 Å². The summed E-state index contributed by atoms with van der Waals surface area (Å²) in [5.74, 6) is -0.441. The maximum Gasteiger partial charge on any atom is 0.331 e. The van der Waals surface area contributed by atoms with Crippen molar-refractivity contribution in [2.45, 2.75) is 45.8 Å². The summed E-state index contributed by atoms with van der Waals surface area (Å²) >= 11 is 0. The largest absolute Gasteiger partial charge is 0.348 e. The molecule has 1 unspecified atom stereocenters. The minimum absolute atomic E-state index is 0.160. The van der Waals surface area contributed by atoms with Crippen molar-refractivity contribution < 1.29 is 4.79 Å². The highest BCUT2D eigenvalue weighted by Crippen LogP contribution is 2.17. The second-order valence-electron chi connectivity index (χ2n) is 5.93. The Balaban J connectivity index is 2.28. The van der Waals surface area contributed by atoms with Crippen LogP contribution in [0.5, 0.6) is 0 Å². The van der Waals surface area contributed by atoms with Crippen LogP contribution in [0, 0.1) is 11.3 Å². The minimum Gasteiger partial charge on any atom is -0.348 e. The van der Waals surface area contributed by atoms with Gasteiger partial charge in [0, 0.05) is 12.7 Å². The zero-order valence-corrected chi connectivity index (χ0v) is 14.9. The first-order chi connectivity index (χ1) is 12.5. The lowest BCUT2D eigenvalue weighted by Gasteiger charge is -2.19. The molecule has 136 valence electrons. The first-order valence-electron chi connectivity index (χ1n) is 8.60. The predicted molar refractivity (Wildman–Crippen MR) is 97.6 cm³/mol. The SMILES string of the molecule is CCCC(NC(=O)Cn1c(=O)c(C#N)cn(CC)c1=O)c1ccccc1. The quantitative estimate of drug-likeness (QED) is 0.816. The van der Waals surface area contributed by atoms with E-state index in [0.29, 0.717) is 6.54 Å². The molecule has 1 aromatic carbocycles.